The molecule has 2 N–H and O–H groups in total. The standard InChI is InChI=1S/C13H20BrN3.HI/c1-13(2,9-16-12(15)17(3)4)10-7-5-6-8-11(10)14;/h5-8H,9H2,1-4H3,(H2,15,16);1H. The number of nitrogens with zero attached hydrogens (tertiary/aromatic N) is 2. The summed E-state index contributed by atoms with van der Waals surface area (Å²) in [5.41, 5.74) is 7.01. The van der Waals surface area contributed by atoms with Crippen molar-refractivity contribution >= 4 is 45.9 Å². The molecule has 0 heterocycles. The van der Waals surface area contributed by atoms with E-state index in [2.05, 4.69) is 46.9 Å². The van der Waals surface area contributed by atoms with Crippen molar-refractivity contribution in [1.29, 1.82) is 0 Å². The summed E-state index contributed by atoms with van der Waals surface area (Å²) in [5.74, 6) is 0.560. The number of hydrogen-bond acceptors (Lipinski definition) is 1. The summed E-state index contributed by atoms with van der Waals surface area (Å²) in [4.78, 5) is 6.23. The molecule has 1 rings (SSSR count). The molecule has 102 valence electrons. The molecule has 0 radical (unpaired) electrons. The van der Waals surface area contributed by atoms with Gasteiger partial charge in [0.05, 0.1) is 6.54 Å². The molecule has 0 aromatic heterocycles. The second-order valence-electron chi connectivity index (χ2n) is 4.93. The summed E-state index contributed by atoms with van der Waals surface area (Å²) < 4.78 is 1.11. The van der Waals surface area contributed by atoms with Crippen LogP contribution in [0.2, 0.25) is 0 Å². The Balaban J connectivity index is 0.00000289. The van der Waals surface area contributed by atoms with Crippen molar-refractivity contribution in [3.05, 3.63) is 34.3 Å². The highest BCUT2D eigenvalue weighted by Crippen LogP contribution is 2.30. The molecule has 0 bridgehead atoms. The highest BCUT2D eigenvalue weighted by Gasteiger charge is 2.22. The first-order valence-electron chi connectivity index (χ1n) is 5.57. The molecule has 0 aliphatic rings. The van der Waals surface area contributed by atoms with E-state index in [1.807, 2.05) is 31.1 Å². The number of halogens is 2. The lowest BCUT2D eigenvalue weighted by molar-refractivity contribution is 0.526. The Hall–Kier alpha value is -0.300. The van der Waals surface area contributed by atoms with Gasteiger partial charge in [0.15, 0.2) is 5.96 Å². The molecule has 0 atom stereocenters. The van der Waals surface area contributed by atoms with Gasteiger partial charge in [-0.2, -0.15) is 0 Å². The first-order valence-corrected chi connectivity index (χ1v) is 6.36. The van der Waals surface area contributed by atoms with Gasteiger partial charge in [0, 0.05) is 24.0 Å². The molecular weight excluding hydrogens is 405 g/mol. The van der Waals surface area contributed by atoms with Gasteiger partial charge in [-0.1, -0.05) is 48.0 Å². The zero-order valence-electron chi connectivity index (χ0n) is 11.3. The molecule has 0 amide bonds. The summed E-state index contributed by atoms with van der Waals surface area (Å²) >= 11 is 3.58. The van der Waals surface area contributed by atoms with Gasteiger partial charge in [-0.25, -0.2) is 0 Å². The number of hydrogen-bond donors (Lipinski definition) is 1. The fourth-order valence-corrected chi connectivity index (χ4v) is 2.34. The van der Waals surface area contributed by atoms with Crippen molar-refractivity contribution in [1.82, 2.24) is 4.90 Å². The van der Waals surface area contributed by atoms with E-state index in [9.17, 15) is 0 Å². The zero-order chi connectivity index (χ0) is 13.1. The number of nitrogens with two attached hydrogens (primary N) is 1. The zero-order valence-corrected chi connectivity index (χ0v) is 15.2. The quantitative estimate of drug-likeness (QED) is 0.459. The van der Waals surface area contributed by atoms with E-state index in [1.165, 1.54) is 5.56 Å². The summed E-state index contributed by atoms with van der Waals surface area (Å²) in [6.07, 6.45) is 0. The lowest BCUT2D eigenvalue weighted by Crippen LogP contribution is -2.32. The maximum absolute atomic E-state index is 5.80. The molecule has 3 nitrogen and oxygen atoms in total. The molecular formula is C13H21BrIN3. The van der Waals surface area contributed by atoms with Gasteiger partial charge in [0.2, 0.25) is 0 Å². The van der Waals surface area contributed by atoms with Crippen LogP contribution in [0.3, 0.4) is 0 Å². The van der Waals surface area contributed by atoms with Crippen molar-refractivity contribution in [2.45, 2.75) is 19.3 Å². The number of aliphatic imine (C=N–C) groups is 1. The molecule has 5 heteroatoms. The molecule has 0 saturated heterocycles. The van der Waals surface area contributed by atoms with E-state index in [4.69, 9.17) is 5.73 Å². The van der Waals surface area contributed by atoms with Crippen LogP contribution >= 0.6 is 39.9 Å². The van der Waals surface area contributed by atoms with Crippen LogP contribution in [-0.2, 0) is 5.41 Å². The molecule has 0 spiro atoms. The van der Waals surface area contributed by atoms with Crippen LogP contribution in [0.1, 0.15) is 19.4 Å². The lowest BCUT2D eigenvalue weighted by atomic mass is 9.85. The predicted molar refractivity (Wildman–Crippen MR) is 92.8 cm³/mol. The fourth-order valence-electron chi connectivity index (χ4n) is 1.52. The first-order chi connectivity index (χ1) is 7.84. The summed E-state index contributed by atoms with van der Waals surface area (Å²) in [5, 5.41) is 0. The van der Waals surface area contributed by atoms with Crippen LogP contribution in [-0.4, -0.2) is 31.5 Å². The monoisotopic (exact) mass is 425 g/mol. The maximum atomic E-state index is 5.80. The van der Waals surface area contributed by atoms with Crippen molar-refractivity contribution in [2.24, 2.45) is 10.7 Å². The van der Waals surface area contributed by atoms with Gasteiger partial charge < -0.3 is 10.6 Å². The Morgan fingerprint density at radius 3 is 2.39 bits per heavy atom. The largest absolute Gasteiger partial charge is 0.370 e. The Kier molecular flexibility index (Phi) is 7.21. The normalized spacial score (nSPS) is 11.9. The smallest absolute Gasteiger partial charge is 0.190 e. The first kappa shape index (κ1) is 17.7. The molecule has 1 aromatic rings. The molecule has 1 aromatic carbocycles. The van der Waals surface area contributed by atoms with Gasteiger partial charge in [-0.3, -0.25) is 4.99 Å². The third-order valence-corrected chi connectivity index (χ3v) is 3.39. The van der Waals surface area contributed by atoms with E-state index in [0.717, 1.165) is 4.47 Å². The number of guanidine groups is 1. The van der Waals surface area contributed by atoms with Gasteiger partial charge in [-0.05, 0) is 11.6 Å². The van der Waals surface area contributed by atoms with Crippen molar-refractivity contribution in [2.75, 3.05) is 20.6 Å². The Morgan fingerprint density at radius 1 is 1.33 bits per heavy atom. The van der Waals surface area contributed by atoms with Crippen LogP contribution in [0.15, 0.2) is 33.7 Å². The van der Waals surface area contributed by atoms with E-state index < -0.39 is 0 Å². The van der Waals surface area contributed by atoms with Crippen LogP contribution in [0, 0.1) is 0 Å². The molecule has 0 fully saturated rings. The number of rotatable bonds is 3. The molecule has 0 aliphatic heterocycles. The second kappa shape index (κ2) is 7.33. The molecule has 0 aliphatic carbocycles. The van der Waals surface area contributed by atoms with Gasteiger partial charge >= 0.3 is 0 Å². The van der Waals surface area contributed by atoms with Gasteiger partial charge in [0.1, 0.15) is 0 Å². The third-order valence-electron chi connectivity index (χ3n) is 2.70. The van der Waals surface area contributed by atoms with Crippen molar-refractivity contribution in [3.63, 3.8) is 0 Å². The second-order valence-corrected chi connectivity index (χ2v) is 5.79. The number of benzene rings is 1. The average Bonchev–Trinajstić information content (AvgIpc) is 2.26. The molecule has 0 saturated carbocycles. The fraction of sp³-hybridized carbons (Fsp3) is 0.462. The van der Waals surface area contributed by atoms with Crippen LogP contribution in [0.4, 0.5) is 0 Å². The SMILES string of the molecule is CN(C)C(N)=NCC(C)(C)c1ccccc1Br.I. The average molecular weight is 426 g/mol. The Morgan fingerprint density at radius 2 is 1.89 bits per heavy atom. The summed E-state index contributed by atoms with van der Waals surface area (Å²) in [6, 6.07) is 8.23. The minimum atomic E-state index is -0.0409. The van der Waals surface area contributed by atoms with Crippen molar-refractivity contribution < 1.29 is 0 Å². The van der Waals surface area contributed by atoms with Crippen LogP contribution in [0.25, 0.3) is 0 Å². The minimum absolute atomic E-state index is 0. The predicted octanol–water partition coefficient (Wildman–Crippen LogP) is 3.22. The minimum Gasteiger partial charge on any atom is -0.370 e. The van der Waals surface area contributed by atoms with Crippen LogP contribution < -0.4 is 5.73 Å². The van der Waals surface area contributed by atoms with E-state index >= 15 is 0 Å². The van der Waals surface area contributed by atoms with Gasteiger partial charge in [0.25, 0.3) is 0 Å². The highest BCUT2D eigenvalue weighted by atomic mass is 127. The van der Waals surface area contributed by atoms with E-state index in [-0.39, 0.29) is 29.4 Å². The lowest BCUT2D eigenvalue weighted by Gasteiger charge is -2.25. The topological polar surface area (TPSA) is 41.6 Å². The summed E-state index contributed by atoms with van der Waals surface area (Å²) in [7, 11) is 3.79. The van der Waals surface area contributed by atoms with Crippen molar-refractivity contribution in [3.8, 4) is 0 Å². The Bertz CT molecular complexity index is 416. The van der Waals surface area contributed by atoms with Gasteiger partial charge in [-0.15, -0.1) is 24.0 Å². The molecule has 0 unspecified atom stereocenters. The van der Waals surface area contributed by atoms with E-state index in [1.54, 1.807) is 0 Å². The van der Waals surface area contributed by atoms with Crippen LogP contribution in [0.5, 0.6) is 0 Å². The van der Waals surface area contributed by atoms with E-state index in [0.29, 0.717) is 12.5 Å². The summed E-state index contributed by atoms with van der Waals surface area (Å²) in [6.45, 7) is 5.00. The third kappa shape index (κ3) is 4.76. The molecule has 18 heavy (non-hydrogen) atoms. The maximum Gasteiger partial charge on any atom is 0.190 e. The Labute approximate surface area is 135 Å². The highest BCUT2D eigenvalue weighted by molar-refractivity contribution is 14.0.